The van der Waals surface area contributed by atoms with E-state index in [-0.39, 0.29) is 18.0 Å². The predicted octanol–water partition coefficient (Wildman–Crippen LogP) is 7.83. The molecule has 0 bridgehead atoms. The van der Waals surface area contributed by atoms with Gasteiger partial charge in [-0.2, -0.15) is 19.4 Å². The van der Waals surface area contributed by atoms with Crippen molar-refractivity contribution >= 4 is 90.4 Å². The molecule has 0 aliphatic heterocycles. The molecule has 14 heteroatoms. The van der Waals surface area contributed by atoms with Crippen LogP contribution in [0.5, 0.6) is 0 Å². The first-order valence-corrected chi connectivity index (χ1v) is 9.94. The van der Waals surface area contributed by atoms with Crippen LogP contribution in [0.3, 0.4) is 0 Å². The number of hydrogen-bond donors (Lipinski definition) is 2. The smallest absolute Gasteiger partial charge is 0.255 e. The van der Waals surface area contributed by atoms with E-state index in [2.05, 4.69) is 5.32 Å². The van der Waals surface area contributed by atoms with Crippen LogP contribution in [-0.4, -0.2) is 5.91 Å². The number of nitrogen functional groups attached to an aromatic ring is 1. The summed E-state index contributed by atoms with van der Waals surface area (Å²) >= 11 is -2.68. The van der Waals surface area contributed by atoms with E-state index in [0.29, 0.717) is 5.69 Å². The first-order valence-electron chi connectivity index (χ1n) is 6.36. The number of hydrogen-bond acceptors (Lipinski definition) is 7. The molecule has 0 fully saturated rings. The quantitative estimate of drug-likeness (QED) is 0.298. The van der Waals surface area contributed by atoms with E-state index < -0.39 is 96.8 Å². The monoisotopic (exact) mass is 498 g/mol. The summed E-state index contributed by atoms with van der Waals surface area (Å²) in [4.78, 5) is 9.36. The van der Waals surface area contributed by atoms with Gasteiger partial charge in [0.2, 0.25) is 0 Å². The Kier molecular flexibility index (Phi) is 10.3. The summed E-state index contributed by atoms with van der Waals surface area (Å²) < 4.78 is 66.5. The largest absolute Gasteiger partial charge is 0.399 e. The van der Waals surface area contributed by atoms with Crippen LogP contribution in [-0.2, 0) is 0 Å². The Labute approximate surface area is 179 Å². The molecule has 2 aromatic carbocycles. The molecule has 0 saturated carbocycles. The normalized spacial score (nSPS) is 10.4. The average Bonchev–Trinajstić information content (AvgIpc) is 2.66. The van der Waals surface area contributed by atoms with E-state index >= 15 is 0 Å². The van der Waals surface area contributed by atoms with Gasteiger partial charge >= 0.3 is 0 Å². The third-order valence-electron chi connectivity index (χ3n) is 3.08. The van der Waals surface area contributed by atoms with Crippen molar-refractivity contribution in [2.24, 2.45) is 0 Å². The molecule has 0 aliphatic carbocycles. The molecule has 0 aliphatic rings. The highest BCUT2D eigenvalue weighted by molar-refractivity contribution is 8.00. The molecule has 0 radical (unpaired) electrons. The topological polar surface area (TPSA) is 55.1 Å². The first-order chi connectivity index (χ1) is 12.5. The number of anilines is 2. The van der Waals surface area contributed by atoms with Crippen LogP contribution in [0.1, 0.15) is 10.4 Å². The van der Waals surface area contributed by atoms with Crippen LogP contribution in [0.15, 0.2) is 48.7 Å². The highest BCUT2D eigenvalue weighted by Gasteiger charge is 2.29. The van der Waals surface area contributed by atoms with Gasteiger partial charge < -0.3 is 11.1 Å². The maximum absolute atomic E-state index is 13.4. The zero-order valence-electron chi connectivity index (χ0n) is 12.6. The van der Waals surface area contributed by atoms with Gasteiger partial charge in [-0.25, -0.2) is 0 Å². The Morgan fingerprint density at radius 2 is 1.11 bits per heavy atom. The molecule has 0 unspecified atom stereocenters. The molecule has 27 heavy (non-hydrogen) atoms. The lowest BCUT2D eigenvalue weighted by Gasteiger charge is -2.18. The molecule has 3 nitrogen and oxygen atoms in total. The summed E-state index contributed by atoms with van der Waals surface area (Å²) in [5.41, 5.74) is 5.50. The zero-order chi connectivity index (χ0) is 19.3. The number of amides is 1. The highest BCUT2D eigenvalue weighted by atomic mass is 35.5. The number of nitrogens with two attached hydrogens (primary N) is 1. The van der Waals surface area contributed by atoms with Crippen molar-refractivity contribution < 1.29 is 24.2 Å². The number of halogens is 6. The number of benzene rings is 2. The van der Waals surface area contributed by atoms with Crippen LogP contribution in [0, 0.1) is 0 Å². The second-order valence-electron chi connectivity index (χ2n) is 4.48. The number of carbonyl (C=O) groups is 1. The highest BCUT2D eigenvalue weighted by Crippen LogP contribution is 2.54. The standard InChI is InChI=1S/C13H7F5N2OS5.ClH/c14-22-8-7(20-13(21)5-1-3-6(19)4-2-5)9(23-15)11(25-17)12(26-18)10(8)24-16;/h1-4H,19H2,(H,20,21);1H. The summed E-state index contributed by atoms with van der Waals surface area (Å²) in [7, 11) is 0. The number of rotatable bonds is 7. The maximum atomic E-state index is 13.4. The molecule has 0 saturated heterocycles. The Balaban J connectivity index is 0.00000364. The second-order valence-corrected chi connectivity index (χ2v) is 7.30. The second kappa shape index (κ2) is 11.4. The predicted molar refractivity (Wildman–Crippen MR) is 107 cm³/mol. The van der Waals surface area contributed by atoms with Crippen molar-refractivity contribution in [3.8, 4) is 0 Å². The molecule has 0 spiro atoms. The lowest BCUT2D eigenvalue weighted by atomic mass is 10.2. The van der Waals surface area contributed by atoms with Crippen molar-refractivity contribution in [3.05, 3.63) is 29.8 Å². The molecule has 3 N–H and O–H groups in total. The molecule has 148 valence electrons. The van der Waals surface area contributed by atoms with E-state index in [1.165, 1.54) is 24.3 Å². The van der Waals surface area contributed by atoms with Crippen molar-refractivity contribution in [2.45, 2.75) is 24.5 Å². The van der Waals surface area contributed by atoms with Crippen molar-refractivity contribution in [2.75, 3.05) is 11.1 Å². The van der Waals surface area contributed by atoms with Crippen molar-refractivity contribution in [1.82, 2.24) is 0 Å². The number of carbonyl (C=O) groups excluding carboxylic acids is 1. The van der Waals surface area contributed by atoms with E-state index in [9.17, 15) is 24.2 Å². The minimum atomic E-state index is -0.791. The van der Waals surface area contributed by atoms with E-state index in [1.54, 1.807) is 0 Å². The minimum absolute atomic E-state index is 0. The summed E-state index contributed by atoms with van der Waals surface area (Å²) in [6.07, 6.45) is 0. The summed E-state index contributed by atoms with van der Waals surface area (Å²) in [5.74, 6) is -0.791. The molecule has 0 aromatic heterocycles. The maximum Gasteiger partial charge on any atom is 0.255 e. The van der Waals surface area contributed by atoms with Gasteiger partial charge in [-0.15, -0.1) is 12.4 Å². The molecular formula is C13H8ClF5N2OS5. The average molecular weight is 499 g/mol. The van der Waals surface area contributed by atoms with Crippen LogP contribution in [0.4, 0.5) is 30.8 Å². The third kappa shape index (κ3) is 5.26. The molecule has 1 amide bonds. The molecule has 0 atom stereocenters. The van der Waals surface area contributed by atoms with E-state index in [4.69, 9.17) is 5.73 Å². The van der Waals surface area contributed by atoms with Crippen LogP contribution < -0.4 is 11.1 Å². The fourth-order valence-electron chi connectivity index (χ4n) is 1.93. The van der Waals surface area contributed by atoms with Crippen molar-refractivity contribution in [1.29, 1.82) is 0 Å². The van der Waals surface area contributed by atoms with Gasteiger partial charge in [0, 0.05) is 11.3 Å². The van der Waals surface area contributed by atoms with Crippen LogP contribution >= 0.6 is 73.1 Å². The zero-order valence-corrected chi connectivity index (χ0v) is 17.5. The molecule has 0 heterocycles. The van der Waals surface area contributed by atoms with Gasteiger partial charge in [0.05, 0.1) is 90.9 Å². The number of nitrogens with one attached hydrogen (secondary N) is 1. The molecule has 2 aromatic rings. The summed E-state index contributed by atoms with van der Waals surface area (Å²) in [6.45, 7) is 0. The third-order valence-corrected chi connectivity index (χ3v) is 6.41. The van der Waals surface area contributed by atoms with Gasteiger partial charge in [-0.3, -0.25) is 4.79 Å². The molecule has 2 rings (SSSR count). The van der Waals surface area contributed by atoms with Gasteiger partial charge in [0.25, 0.3) is 5.91 Å². The van der Waals surface area contributed by atoms with Gasteiger partial charge in [-0.1, -0.05) is 0 Å². The SMILES string of the molecule is Cl.Nc1ccc(C(=O)Nc2c(SF)c(SF)c(SF)c(SF)c2SF)cc1. The Morgan fingerprint density at radius 1 is 0.741 bits per heavy atom. The Bertz CT molecular complexity index is 782. The van der Waals surface area contributed by atoms with E-state index in [1.807, 2.05) is 0 Å². The lowest BCUT2D eigenvalue weighted by Crippen LogP contribution is -2.14. The van der Waals surface area contributed by atoms with Gasteiger partial charge in [0.15, 0.2) is 0 Å². The first kappa shape index (κ1) is 24.4. The van der Waals surface area contributed by atoms with Crippen LogP contribution in [0.2, 0.25) is 0 Å². The van der Waals surface area contributed by atoms with Gasteiger partial charge in [-0.05, 0) is 24.3 Å². The summed E-state index contributed by atoms with van der Waals surface area (Å²) in [6, 6.07) is 5.57. The fourth-order valence-corrected chi connectivity index (χ4v) is 4.78. The van der Waals surface area contributed by atoms with Crippen LogP contribution in [0.25, 0.3) is 0 Å². The fraction of sp³-hybridized carbons (Fsp3) is 0. The Morgan fingerprint density at radius 3 is 1.48 bits per heavy atom. The minimum Gasteiger partial charge on any atom is -0.399 e. The summed E-state index contributed by atoms with van der Waals surface area (Å²) in [5, 5.41) is 2.22. The lowest BCUT2D eigenvalue weighted by molar-refractivity contribution is 0.102. The van der Waals surface area contributed by atoms with Gasteiger partial charge in [0.1, 0.15) is 0 Å². The van der Waals surface area contributed by atoms with E-state index in [0.717, 1.165) is 0 Å². The molecular weight excluding hydrogens is 491 g/mol. The Hall–Kier alpha value is -0.600. The van der Waals surface area contributed by atoms with Crippen molar-refractivity contribution in [3.63, 3.8) is 0 Å².